The monoisotopic (exact) mass is 438 g/mol. The van der Waals surface area contributed by atoms with Gasteiger partial charge in [-0.15, -0.1) is 0 Å². The van der Waals surface area contributed by atoms with E-state index in [1.165, 1.54) is 12.1 Å². The number of hydrogen-bond acceptors (Lipinski definition) is 7. The zero-order valence-corrected chi connectivity index (χ0v) is 16.7. The summed E-state index contributed by atoms with van der Waals surface area (Å²) >= 11 is 5.89. The normalized spacial score (nSPS) is 12.3. The van der Waals surface area contributed by atoms with Gasteiger partial charge in [0, 0.05) is 22.7 Å². The van der Waals surface area contributed by atoms with Crippen LogP contribution < -0.4 is 19.6 Å². The van der Waals surface area contributed by atoms with Crippen molar-refractivity contribution in [2.75, 3.05) is 6.79 Å². The topological polar surface area (TPSA) is 98.4 Å². The number of halogens is 1. The van der Waals surface area contributed by atoms with Gasteiger partial charge in [-0.1, -0.05) is 23.7 Å². The fourth-order valence-electron chi connectivity index (χ4n) is 3.33. The Hall–Kier alpha value is -3.84. The molecule has 0 radical (unpaired) electrons. The number of phenolic OH excluding ortho intramolecular Hbond substituents is 1. The highest BCUT2D eigenvalue weighted by atomic mass is 35.5. The SMILES string of the molecule is O=c1c(O)c(-c2ccc3c(c2)OCO3)oc2cc(OCc3ccc(Cl)cc3)cc(O)c12. The Labute approximate surface area is 180 Å². The first-order valence-corrected chi connectivity index (χ1v) is 9.67. The van der Waals surface area contributed by atoms with Crippen molar-refractivity contribution in [1.29, 1.82) is 0 Å². The second-order valence-electron chi connectivity index (χ2n) is 6.91. The quantitative estimate of drug-likeness (QED) is 0.470. The van der Waals surface area contributed by atoms with Crippen LogP contribution in [0, 0.1) is 0 Å². The number of phenols is 1. The van der Waals surface area contributed by atoms with Gasteiger partial charge in [0.15, 0.2) is 17.3 Å². The molecule has 2 N–H and O–H groups in total. The second-order valence-corrected chi connectivity index (χ2v) is 7.34. The van der Waals surface area contributed by atoms with Crippen molar-refractivity contribution in [1.82, 2.24) is 0 Å². The molecule has 1 aliphatic heterocycles. The molecule has 0 saturated heterocycles. The first-order valence-electron chi connectivity index (χ1n) is 9.29. The van der Waals surface area contributed by atoms with E-state index in [-0.39, 0.29) is 35.9 Å². The molecule has 4 aromatic rings. The third-order valence-electron chi connectivity index (χ3n) is 4.88. The zero-order chi connectivity index (χ0) is 21.5. The molecule has 0 amide bonds. The van der Waals surface area contributed by atoms with Crippen LogP contribution in [0.3, 0.4) is 0 Å². The van der Waals surface area contributed by atoms with Gasteiger partial charge in [-0.3, -0.25) is 4.79 Å². The summed E-state index contributed by atoms with van der Waals surface area (Å²) in [6, 6.07) is 14.8. The Bertz CT molecular complexity index is 1360. The summed E-state index contributed by atoms with van der Waals surface area (Å²) in [5.41, 5.74) is 0.613. The lowest BCUT2D eigenvalue weighted by Gasteiger charge is -2.11. The summed E-state index contributed by atoms with van der Waals surface area (Å²) in [5.74, 6) is 0.307. The van der Waals surface area contributed by atoms with E-state index in [9.17, 15) is 15.0 Å². The fourth-order valence-corrected chi connectivity index (χ4v) is 3.45. The highest BCUT2D eigenvalue weighted by molar-refractivity contribution is 6.30. The van der Waals surface area contributed by atoms with Crippen LogP contribution in [0.2, 0.25) is 5.02 Å². The van der Waals surface area contributed by atoms with Crippen molar-refractivity contribution in [3.05, 3.63) is 75.4 Å². The Balaban J connectivity index is 1.55. The van der Waals surface area contributed by atoms with Gasteiger partial charge in [0.05, 0.1) is 0 Å². The van der Waals surface area contributed by atoms with Crippen molar-refractivity contribution in [2.24, 2.45) is 0 Å². The maximum Gasteiger partial charge on any atom is 0.238 e. The summed E-state index contributed by atoms with van der Waals surface area (Å²) in [6.45, 7) is 0.314. The molecule has 0 aliphatic carbocycles. The third-order valence-corrected chi connectivity index (χ3v) is 5.13. The highest BCUT2D eigenvalue weighted by Gasteiger charge is 2.21. The number of fused-ring (bicyclic) bond motifs is 2. The van der Waals surface area contributed by atoms with Crippen molar-refractivity contribution >= 4 is 22.6 Å². The molecule has 156 valence electrons. The zero-order valence-electron chi connectivity index (χ0n) is 15.9. The molecule has 1 aliphatic rings. The van der Waals surface area contributed by atoms with Crippen LogP contribution in [0.1, 0.15) is 5.56 Å². The van der Waals surface area contributed by atoms with Crippen molar-refractivity contribution in [3.8, 4) is 40.1 Å². The highest BCUT2D eigenvalue weighted by Crippen LogP contribution is 2.40. The summed E-state index contributed by atoms with van der Waals surface area (Å²) in [4.78, 5) is 12.7. The summed E-state index contributed by atoms with van der Waals surface area (Å²) in [5, 5.41) is 21.3. The Kier molecular flexibility index (Phi) is 4.60. The number of ether oxygens (including phenoxy) is 3. The Morgan fingerprint density at radius 3 is 2.55 bits per heavy atom. The maximum atomic E-state index is 12.7. The molecule has 3 aromatic carbocycles. The Morgan fingerprint density at radius 2 is 1.74 bits per heavy atom. The lowest BCUT2D eigenvalue weighted by Crippen LogP contribution is -2.04. The minimum atomic E-state index is -0.754. The largest absolute Gasteiger partial charge is 0.507 e. The van der Waals surface area contributed by atoms with Gasteiger partial charge in [-0.25, -0.2) is 0 Å². The average Bonchev–Trinajstić information content (AvgIpc) is 3.23. The van der Waals surface area contributed by atoms with Crippen LogP contribution in [0.25, 0.3) is 22.3 Å². The predicted molar refractivity (Wildman–Crippen MR) is 113 cm³/mol. The Morgan fingerprint density at radius 1 is 0.968 bits per heavy atom. The van der Waals surface area contributed by atoms with Gasteiger partial charge in [0.2, 0.25) is 18.0 Å². The number of hydrogen-bond donors (Lipinski definition) is 2. The van der Waals surface area contributed by atoms with E-state index in [4.69, 9.17) is 30.2 Å². The van der Waals surface area contributed by atoms with E-state index in [0.29, 0.717) is 27.8 Å². The summed E-state index contributed by atoms with van der Waals surface area (Å²) in [7, 11) is 0. The third kappa shape index (κ3) is 3.49. The van der Waals surface area contributed by atoms with Gasteiger partial charge < -0.3 is 28.8 Å². The van der Waals surface area contributed by atoms with Crippen molar-refractivity contribution in [3.63, 3.8) is 0 Å². The van der Waals surface area contributed by atoms with Crippen LogP contribution in [0.4, 0.5) is 0 Å². The first kappa shape index (κ1) is 19.1. The molecule has 2 heterocycles. The second kappa shape index (κ2) is 7.45. The molecule has 0 unspecified atom stereocenters. The molecular weight excluding hydrogens is 424 g/mol. The lowest BCUT2D eigenvalue weighted by atomic mass is 10.1. The van der Waals surface area contributed by atoms with Crippen LogP contribution in [-0.4, -0.2) is 17.0 Å². The number of benzene rings is 3. The predicted octanol–water partition coefficient (Wildman–Crippen LogP) is 4.83. The maximum absolute atomic E-state index is 12.7. The van der Waals surface area contributed by atoms with Crippen LogP contribution in [-0.2, 0) is 6.61 Å². The van der Waals surface area contributed by atoms with Gasteiger partial charge in [-0.2, -0.15) is 0 Å². The van der Waals surface area contributed by atoms with Crippen molar-refractivity contribution < 1.29 is 28.8 Å². The molecular formula is C23H15ClO7. The molecule has 7 nitrogen and oxygen atoms in total. The molecule has 31 heavy (non-hydrogen) atoms. The van der Waals surface area contributed by atoms with Gasteiger partial charge >= 0.3 is 0 Å². The minimum Gasteiger partial charge on any atom is -0.507 e. The van der Waals surface area contributed by atoms with E-state index < -0.39 is 11.2 Å². The van der Waals surface area contributed by atoms with Gasteiger partial charge in [-0.05, 0) is 35.9 Å². The molecule has 0 atom stereocenters. The first-order chi connectivity index (χ1) is 15.0. The van der Waals surface area contributed by atoms with Crippen LogP contribution in [0.5, 0.6) is 28.7 Å². The van der Waals surface area contributed by atoms with Crippen LogP contribution in [0.15, 0.2) is 63.8 Å². The number of aromatic hydroxyl groups is 2. The van der Waals surface area contributed by atoms with Gasteiger partial charge in [0.25, 0.3) is 0 Å². The molecule has 5 rings (SSSR count). The summed E-state index contributed by atoms with van der Waals surface area (Å²) < 4.78 is 22.2. The van der Waals surface area contributed by atoms with E-state index in [0.717, 1.165) is 5.56 Å². The molecule has 0 bridgehead atoms. The van der Waals surface area contributed by atoms with E-state index >= 15 is 0 Å². The average molecular weight is 439 g/mol. The minimum absolute atomic E-state index is 0.0509. The lowest BCUT2D eigenvalue weighted by molar-refractivity contribution is 0.174. The molecule has 8 heteroatoms. The summed E-state index contributed by atoms with van der Waals surface area (Å²) in [6.07, 6.45) is 0. The smallest absolute Gasteiger partial charge is 0.238 e. The van der Waals surface area contributed by atoms with E-state index in [2.05, 4.69) is 0 Å². The molecule has 0 fully saturated rings. The van der Waals surface area contributed by atoms with Gasteiger partial charge in [0.1, 0.15) is 29.1 Å². The van der Waals surface area contributed by atoms with E-state index in [1.807, 2.05) is 12.1 Å². The molecule has 0 saturated carbocycles. The standard InChI is InChI=1S/C23H15ClO7/c24-14-4-1-12(2-5-14)10-28-15-8-16(25)20-19(9-15)31-23(22(27)21(20)26)13-3-6-17-18(7-13)30-11-29-17/h1-9,25,27H,10-11H2. The van der Waals surface area contributed by atoms with Crippen molar-refractivity contribution in [2.45, 2.75) is 6.61 Å². The van der Waals surface area contributed by atoms with E-state index in [1.54, 1.807) is 30.3 Å². The number of rotatable bonds is 4. The van der Waals surface area contributed by atoms with Crippen LogP contribution >= 0.6 is 11.6 Å². The molecule has 1 aromatic heterocycles. The molecule has 0 spiro atoms. The fraction of sp³-hybridized carbons (Fsp3) is 0.0870.